The van der Waals surface area contributed by atoms with E-state index in [0.29, 0.717) is 22.4 Å². The average Bonchev–Trinajstić information content (AvgIpc) is 2.92. The number of carbonyl (C=O) groups excluding carboxylic acids is 2. The SMILES string of the molecule is COc1ccc(C2(C[n+]3ccccc3)C(=O)c3ccccc3C2=O)cc1.[I-]. The van der Waals surface area contributed by atoms with Gasteiger partial charge in [-0.15, -0.1) is 0 Å². The Morgan fingerprint density at radius 2 is 1.37 bits per heavy atom. The highest BCUT2D eigenvalue weighted by Crippen LogP contribution is 2.40. The smallest absolute Gasteiger partial charge is 0.188 e. The molecular formula is C22H18INO3. The van der Waals surface area contributed by atoms with Crippen LogP contribution in [0.3, 0.4) is 0 Å². The Kier molecular flexibility index (Phi) is 5.41. The van der Waals surface area contributed by atoms with E-state index in [1.807, 2.05) is 47.3 Å². The van der Waals surface area contributed by atoms with Crippen LogP contribution in [0.1, 0.15) is 26.3 Å². The molecule has 0 saturated carbocycles. The molecule has 3 aromatic rings. The van der Waals surface area contributed by atoms with Crippen molar-refractivity contribution in [1.29, 1.82) is 0 Å². The van der Waals surface area contributed by atoms with Crippen molar-refractivity contribution in [3.05, 3.63) is 95.8 Å². The van der Waals surface area contributed by atoms with E-state index in [2.05, 4.69) is 0 Å². The molecule has 0 N–H and O–H groups in total. The molecular weight excluding hydrogens is 453 g/mol. The third kappa shape index (κ3) is 3.06. The Morgan fingerprint density at radius 3 is 1.89 bits per heavy atom. The molecule has 0 fully saturated rings. The summed E-state index contributed by atoms with van der Waals surface area (Å²) in [6, 6.07) is 19.9. The highest BCUT2D eigenvalue weighted by molar-refractivity contribution is 6.33. The van der Waals surface area contributed by atoms with Gasteiger partial charge in [-0.3, -0.25) is 9.59 Å². The zero-order valence-corrected chi connectivity index (χ0v) is 16.9. The fourth-order valence-corrected chi connectivity index (χ4v) is 3.63. The maximum absolute atomic E-state index is 13.4. The maximum Gasteiger partial charge on any atom is 0.188 e. The number of ether oxygens (including phenoxy) is 1. The van der Waals surface area contributed by atoms with E-state index in [9.17, 15) is 9.59 Å². The topological polar surface area (TPSA) is 47.2 Å². The molecule has 0 spiro atoms. The molecule has 1 aliphatic carbocycles. The second-order valence-electron chi connectivity index (χ2n) is 6.39. The lowest BCUT2D eigenvalue weighted by molar-refractivity contribution is -0.700. The zero-order valence-electron chi connectivity index (χ0n) is 14.8. The van der Waals surface area contributed by atoms with Crippen LogP contribution in [0.4, 0.5) is 0 Å². The number of hydrogen-bond acceptors (Lipinski definition) is 3. The van der Waals surface area contributed by atoms with Crippen molar-refractivity contribution in [2.75, 3.05) is 7.11 Å². The quantitative estimate of drug-likeness (QED) is 0.306. The average molecular weight is 471 g/mol. The fraction of sp³-hybridized carbons (Fsp3) is 0.136. The number of pyridine rings is 1. The largest absolute Gasteiger partial charge is 1.00 e. The summed E-state index contributed by atoms with van der Waals surface area (Å²) >= 11 is 0. The standard InChI is InChI=1S/C22H18NO3.HI/c1-26-17-11-9-16(10-12-17)22(15-23-13-5-2-6-14-23)20(24)18-7-3-4-8-19(18)21(22)25;/h2-14H,15H2,1H3;1H/q+1;/p-1. The van der Waals surface area contributed by atoms with Crippen molar-refractivity contribution in [1.82, 2.24) is 0 Å². The molecule has 27 heavy (non-hydrogen) atoms. The molecule has 1 aromatic heterocycles. The van der Waals surface area contributed by atoms with E-state index < -0.39 is 5.41 Å². The summed E-state index contributed by atoms with van der Waals surface area (Å²) in [5, 5.41) is 0. The van der Waals surface area contributed by atoms with Crippen molar-refractivity contribution in [2.24, 2.45) is 0 Å². The van der Waals surface area contributed by atoms with Crippen molar-refractivity contribution in [2.45, 2.75) is 12.0 Å². The van der Waals surface area contributed by atoms with Gasteiger partial charge in [0.05, 0.1) is 7.11 Å². The molecule has 2 aromatic carbocycles. The van der Waals surface area contributed by atoms with Crippen LogP contribution in [0.25, 0.3) is 0 Å². The first-order chi connectivity index (χ1) is 12.7. The Labute approximate surface area is 174 Å². The van der Waals surface area contributed by atoms with Crippen molar-refractivity contribution < 1.29 is 42.9 Å². The molecule has 0 radical (unpaired) electrons. The number of ketones is 2. The minimum absolute atomic E-state index is 0. The minimum atomic E-state index is -1.26. The first kappa shape index (κ1) is 19.2. The van der Waals surface area contributed by atoms with E-state index in [4.69, 9.17) is 4.74 Å². The Bertz CT molecular complexity index is 949. The van der Waals surface area contributed by atoms with E-state index in [1.54, 1.807) is 43.5 Å². The molecule has 0 aliphatic heterocycles. The van der Waals surface area contributed by atoms with Crippen LogP contribution in [-0.2, 0) is 12.0 Å². The van der Waals surface area contributed by atoms with Gasteiger partial charge in [-0.25, -0.2) is 4.57 Å². The van der Waals surface area contributed by atoms with Gasteiger partial charge in [-0.05, 0) is 17.7 Å². The molecule has 0 unspecified atom stereocenters. The first-order valence-corrected chi connectivity index (χ1v) is 8.44. The van der Waals surface area contributed by atoms with E-state index >= 15 is 0 Å². The summed E-state index contributed by atoms with van der Waals surface area (Å²) in [6.07, 6.45) is 3.74. The molecule has 5 heteroatoms. The van der Waals surface area contributed by atoms with E-state index in [1.165, 1.54) is 0 Å². The van der Waals surface area contributed by atoms with Gasteiger partial charge >= 0.3 is 0 Å². The number of benzene rings is 2. The monoisotopic (exact) mass is 471 g/mol. The molecule has 136 valence electrons. The van der Waals surface area contributed by atoms with Gasteiger partial charge in [0.25, 0.3) is 0 Å². The minimum Gasteiger partial charge on any atom is -1.00 e. The molecule has 1 heterocycles. The second kappa shape index (κ2) is 7.60. The van der Waals surface area contributed by atoms with Gasteiger partial charge in [0.2, 0.25) is 0 Å². The molecule has 0 atom stereocenters. The number of carbonyl (C=O) groups is 2. The van der Waals surface area contributed by atoms with Gasteiger partial charge in [-0.2, -0.15) is 0 Å². The van der Waals surface area contributed by atoms with Gasteiger partial charge in [-0.1, -0.05) is 42.5 Å². The summed E-state index contributed by atoms with van der Waals surface area (Å²) in [5.74, 6) is 0.380. The number of halogens is 1. The van der Waals surface area contributed by atoms with Crippen LogP contribution in [-0.4, -0.2) is 18.7 Å². The third-order valence-corrected chi connectivity index (χ3v) is 4.97. The highest BCUT2D eigenvalue weighted by atomic mass is 127. The van der Waals surface area contributed by atoms with Crippen LogP contribution in [0.15, 0.2) is 79.1 Å². The molecule has 1 aliphatic rings. The number of fused-ring (bicyclic) bond motifs is 1. The van der Waals surface area contributed by atoms with Crippen molar-refractivity contribution in [3.8, 4) is 5.75 Å². The fourth-order valence-electron chi connectivity index (χ4n) is 3.63. The van der Waals surface area contributed by atoms with Gasteiger partial charge in [0, 0.05) is 23.3 Å². The number of Topliss-reactive ketones (excluding diaryl/α,β-unsaturated/α-hetero) is 2. The Morgan fingerprint density at radius 1 is 0.815 bits per heavy atom. The van der Waals surface area contributed by atoms with Crippen molar-refractivity contribution >= 4 is 11.6 Å². The summed E-state index contributed by atoms with van der Waals surface area (Å²) < 4.78 is 7.10. The number of rotatable bonds is 4. The summed E-state index contributed by atoms with van der Waals surface area (Å²) in [5.41, 5.74) is 0.401. The van der Waals surface area contributed by atoms with E-state index in [-0.39, 0.29) is 42.1 Å². The lowest BCUT2D eigenvalue weighted by Gasteiger charge is -2.23. The number of hydrogen-bond donors (Lipinski definition) is 0. The van der Waals surface area contributed by atoms with E-state index in [0.717, 1.165) is 0 Å². The zero-order chi connectivity index (χ0) is 18.1. The van der Waals surface area contributed by atoms with Gasteiger partial charge in [0.15, 0.2) is 35.9 Å². The van der Waals surface area contributed by atoms with Gasteiger partial charge < -0.3 is 28.7 Å². The molecule has 4 rings (SSSR count). The first-order valence-electron chi connectivity index (χ1n) is 8.44. The number of methoxy groups -OCH3 is 1. The van der Waals surface area contributed by atoms with Gasteiger partial charge in [0.1, 0.15) is 5.75 Å². The van der Waals surface area contributed by atoms with Crippen molar-refractivity contribution in [3.63, 3.8) is 0 Å². The summed E-state index contributed by atoms with van der Waals surface area (Å²) in [6.45, 7) is 0.256. The molecule has 0 saturated heterocycles. The third-order valence-electron chi connectivity index (χ3n) is 4.97. The maximum atomic E-state index is 13.4. The molecule has 0 amide bonds. The normalized spacial score (nSPS) is 14.4. The Balaban J connectivity index is 0.00000210. The lowest BCUT2D eigenvalue weighted by atomic mass is 9.75. The molecule has 0 bridgehead atoms. The highest BCUT2D eigenvalue weighted by Gasteiger charge is 2.56. The number of aromatic nitrogens is 1. The predicted octanol–water partition coefficient (Wildman–Crippen LogP) is 0.00390. The lowest BCUT2D eigenvalue weighted by Crippen LogP contribution is -3.00. The summed E-state index contributed by atoms with van der Waals surface area (Å²) in [4.78, 5) is 26.8. The van der Waals surface area contributed by atoms with Crippen LogP contribution in [0.2, 0.25) is 0 Å². The van der Waals surface area contributed by atoms with Crippen LogP contribution >= 0.6 is 0 Å². The second-order valence-corrected chi connectivity index (χ2v) is 6.39. The predicted molar refractivity (Wildman–Crippen MR) is 96.4 cm³/mol. The Hall–Kier alpha value is -2.54. The van der Waals surface area contributed by atoms with Crippen LogP contribution in [0, 0.1) is 0 Å². The van der Waals surface area contributed by atoms with Crippen LogP contribution < -0.4 is 33.3 Å². The number of nitrogens with zero attached hydrogens (tertiary/aromatic N) is 1. The summed E-state index contributed by atoms with van der Waals surface area (Å²) in [7, 11) is 1.59. The van der Waals surface area contributed by atoms with Crippen LogP contribution in [0.5, 0.6) is 5.75 Å². The molecule has 4 nitrogen and oxygen atoms in total.